The lowest BCUT2D eigenvalue weighted by Crippen LogP contribution is -2.13. The van der Waals surface area contributed by atoms with Crippen LogP contribution < -0.4 is 9.46 Å². The number of sulfonamides is 1. The predicted molar refractivity (Wildman–Crippen MR) is 119 cm³/mol. The normalized spacial score (nSPS) is 11.2. The number of nitrogens with zero attached hydrogens (tertiary/aromatic N) is 5. The van der Waals surface area contributed by atoms with Crippen molar-refractivity contribution in [3.8, 4) is 17.4 Å². The molecule has 4 rings (SSSR count). The van der Waals surface area contributed by atoms with Crippen molar-refractivity contribution < 1.29 is 18.1 Å². The number of hydrogen-bond donors (Lipinski definition) is 1. The average molecular weight is 466 g/mol. The highest BCUT2D eigenvalue weighted by molar-refractivity contribution is 7.92. The van der Waals surface area contributed by atoms with Gasteiger partial charge < -0.3 is 4.74 Å². The van der Waals surface area contributed by atoms with Crippen molar-refractivity contribution in [3.05, 3.63) is 88.8 Å². The minimum atomic E-state index is -4.01. The minimum absolute atomic E-state index is 0.212. The van der Waals surface area contributed by atoms with Crippen molar-refractivity contribution in [3.63, 3.8) is 0 Å². The molecule has 0 bridgehead atoms. The van der Waals surface area contributed by atoms with Crippen LogP contribution in [0.1, 0.15) is 11.6 Å². The second-order valence-electron chi connectivity index (χ2n) is 6.94. The Labute approximate surface area is 188 Å². The Morgan fingerprint density at radius 1 is 1.06 bits per heavy atom. The van der Waals surface area contributed by atoms with Gasteiger partial charge in [0.1, 0.15) is 23.2 Å². The van der Waals surface area contributed by atoms with Gasteiger partial charge in [-0.05, 0) is 44.2 Å². The van der Waals surface area contributed by atoms with Crippen LogP contribution in [-0.4, -0.2) is 32.9 Å². The molecule has 0 spiro atoms. The zero-order valence-corrected chi connectivity index (χ0v) is 18.4. The summed E-state index contributed by atoms with van der Waals surface area (Å²) in [6.07, 6.45) is 3.45. The van der Waals surface area contributed by atoms with Gasteiger partial charge in [-0.2, -0.15) is 4.98 Å². The number of anilines is 1. The standard InChI is InChI=1S/C21H18N6O5S/c1-14-23-20(26-11-10-22-15(26)2)13-21(24-14)32-18-8-6-16(7-9-18)25-33(30,31)19-5-3-4-17(12-19)27(28)29/h3-13,25H,1-2H3. The lowest BCUT2D eigenvalue weighted by molar-refractivity contribution is -0.385. The molecule has 0 aliphatic rings. The minimum Gasteiger partial charge on any atom is -0.439 e. The van der Waals surface area contributed by atoms with E-state index in [0.29, 0.717) is 23.3 Å². The van der Waals surface area contributed by atoms with Crippen LogP contribution in [0.2, 0.25) is 0 Å². The summed E-state index contributed by atoms with van der Waals surface area (Å²) in [6.45, 7) is 3.60. The molecule has 0 aliphatic heterocycles. The van der Waals surface area contributed by atoms with Gasteiger partial charge in [-0.3, -0.25) is 19.4 Å². The number of nitro groups is 1. The summed E-state index contributed by atoms with van der Waals surface area (Å²) in [4.78, 5) is 22.9. The Balaban J connectivity index is 1.51. The molecule has 2 aromatic heterocycles. The number of nitrogens with one attached hydrogen (secondary N) is 1. The summed E-state index contributed by atoms with van der Waals surface area (Å²) in [6, 6.07) is 12.7. The molecule has 0 saturated heterocycles. The smallest absolute Gasteiger partial charge is 0.270 e. The van der Waals surface area contributed by atoms with Gasteiger partial charge in [0.05, 0.1) is 9.82 Å². The van der Waals surface area contributed by atoms with Crippen LogP contribution in [0.4, 0.5) is 11.4 Å². The Morgan fingerprint density at radius 3 is 2.48 bits per heavy atom. The number of ether oxygens (including phenoxy) is 1. The van der Waals surface area contributed by atoms with Crippen LogP contribution in [-0.2, 0) is 10.0 Å². The number of benzene rings is 2. The second-order valence-corrected chi connectivity index (χ2v) is 8.62. The van der Waals surface area contributed by atoms with Crippen LogP contribution in [0.5, 0.6) is 11.6 Å². The van der Waals surface area contributed by atoms with Crippen LogP contribution in [0.25, 0.3) is 5.82 Å². The van der Waals surface area contributed by atoms with E-state index in [1.807, 2.05) is 6.92 Å². The third-order valence-electron chi connectivity index (χ3n) is 4.54. The van der Waals surface area contributed by atoms with E-state index < -0.39 is 14.9 Å². The number of hydrogen-bond acceptors (Lipinski definition) is 8. The molecule has 0 radical (unpaired) electrons. The van der Waals surface area contributed by atoms with Gasteiger partial charge >= 0.3 is 0 Å². The van der Waals surface area contributed by atoms with Crippen molar-refractivity contribution >= 4 is 21.4 Å². The van der Waals surface area contributed by atoms with E-state index >= 15 is 0 Å². The first kappa shape index (κ1) is 21.9. The number of aryl methyl sites for hydroxylation is 2. The summed E-state index contributed by atoms with van der Waals surface area (Å²) < 4.78 is 35.2. The van der Waals surface area contributed by atoms with Gasteiger partial charge in [0.15, 0.2) is 0 Å². The molecule has 4 aromatic rings. The van der Waals surface area contributed by atoms with Gasteiger partial charge in [-0.25, -0.2) is 18.4 Å². The first-order valence-electron chi connectivity index (χ1n) is 9.62. The highest BCUT2D eigenvalue weighted by Gasteiger charge is 2.18. The first-order chi connectivity index (χ1) is 15.7. The summed E-state index contributed by atoms with van der Waals surface area (Å²) in [5.74, 6) is 2.63. The third-order valence-corrected chi connectivity index (χ3v) is 5.92. The number of nitro benzene ring substituents is 1. The van der Waals surface area contributed by atoms with Gasteiger partial charge in [0.2, 0.25) is 5.88 Å². The maximum absolute atomic E-state index is 12.6. The van der Waals surface area contributed by atoms with E-state index in [1.165, 1.54) is 30.3 Å². The van der Waals surface area contributed by atoms with E-state index in [1.54, 1.807) is 42.1 Å². The molecule has 2 heterocycles. The average Bonchev–Trinajstić information content (AvgIpc) is 3.20. The first-order valence-corrected chi connectivity index (χ1v) is 11.1. The highest BCUT2D eigenvalue weighted by Crippen LogP contribution is 2.25. The topological polar surface area (TPSA) is 142 Å². The lowest BCUT2D eigenvalue weighted by Gasteiger charge is -2.11. The van der Waals surface area contributed by atoms with Crippen molar-refractivity contribution in [1.82, 2.24) is 19.5 Å². The van der Waals surface area contributed by atoms with Gasteiger partial charge in [0, 0.05) is 36.3 Å². The SMILES string of the molecule is Cc1nc(Oc2ccc(NS(=O)(=O)c3cccc([N+](=O)[O-])c3)cc2)cc(-n2ccnc2C)n1. The molecule has 0 fully saturated rings. The molecule has 12 heteroatoms. The Hall–Kier alpha value is -4.32. The van der Waals surface area contributed by atoms with Crippen LogP contribution in [0, 0.1) is 24.0 Å². The maximum atomic E-state index is 12.6. The van der Waals surface area contributed by atoms with Crippen molar-refractivity contribution in [2.45, 2.75) is 18.7 Å². The molecule has 0 amide bonds. The van der Waals surface area contributed by atoms with Crippen LogP contribution >= 0.6 is 0 Å². The Kier molecular flexibility index (Phi) is 5.75. The fourth-order valence-electron chi connectivity index (χ4n) is 3.01. The Morgan fingerprint density at radius 2 is 1.82 bits per heavy atom. The van der Waals surface area contributed by atoms with Gasteiger partial charge in [-0.1, -0.05) is 6.07 Å². The molecule has 0 aliphatic carbocycles. The molecule has 33 heavy (non-hydrogen) atoms. The lowest BCUT2D eigenvalue weighted by atomic mass is 10.3. The summed E-state index contributed by atoms with van der Waals surface area (Å²) in [5.41, 5.74) is -0.0468. The number of rotatable bonds is 7. The molecule has 0 saturated carbocycles. The van der Waals surface area contributed by atoms with Crippen molar-refractivity contribution in [1.29, 1.82) is 0 Å². The van der Waals surface area contributed by atoms with E-state index in [2.05, 4.69) is 19.7 Å². The fourth-order valence-corrected chi connectivity index (χ4v) is 4.11. The zero-order chi connectivity index (χ0) is 23.6. The Bertz CT molecular complexity index is 1430. The van der Waals surface area contributed by atoms with Crippen LogP contribution in [0.15, 0.2) is 71.9 Å². The molecule has 0 atom stereocenters. The van der Waals surface area contributed by atoms with E-state index in [0.717, 1.165) is 11.9 Å². The fraction of sp³-hybridized carbons (Fsp3) is 0.0952. The molecular formula is C21H18N6O5S. The summed E-state index contributed by atoms with van der Waals surface area (Å²) >= 11 is 0. The van der Waals surface area contributed by atoms with Crippen LogP contribution in [0.3, 0.4) is 0 Å². The third kappa shape index (κ3) is 4.96. The maximum Gasteiger partial charge on any atom is 0.270 e. The molecule has 2 aromatic carbocycles. The molecule has 0 unspecified atom stereocenters. The number of imidazole rings is 1. The van der Waals surface area contributed by atoms with E-state index in [9.17, 15) is 18.5 Å². The molecule has 1 N–H and O–H groups in total. The molecule has 11 nitrogen and oxygen atoms in total. The second kappa shape index (κ2) is 8.67. The zero-order valence-electron chi connectivity index (χ0n) is 17.5. The van der Waals surface area contributed by atoms with E-state index in [-0.39, 0.29) is 16.3 Å². The van der Waals surface area contributed by atoms with E-state index in [4.69, 9.17) is 4.74 Å². The summed E-state index contributed by atoms with van der Waals surface area (Å²) in [5, 5.41) is 10.9. The van der Waals surface area contributed by atoms with Crippen molar-refractivity contribution in [2.75, 3.05) is 4.72 Å². The van der Waals surface area contributed by atoms with Crippen molar-refractivity contribution in [2.24, 2.45) is 0 Å². The highest BCUT2D eigenvalue weighted by atomic mass is 32.2. The van der Waals surface area contributed by atoms with Gasteiger partial charge in [-0.15, -0.1) is 0 Å². The molecule has 168 valence electrons. The van der Waals surface area contributed by atoms with Gasteiger partial charge in [0.25, 0.3) is 15.7 Å². The monoisotopic (exact) mass is 466 g/mol. The summed E-state index contributed by atoms with van der Waals surface area (Å²) in [7, 11) is -4.01. The molecular weight excluding hydrogens is 448 g/mol. The predicted octanol–water partition coefficient (Wildman–Crippen LogP) is 3.78. The number of aromatic nitrogens is 4. The largest absolute Gasteiger partial charge is 0.439 e. The number of non-ortho nitro benzene ring substituents is 1. The quantitative estimate of drug-likeness (QED) is 0.320.